The van der Waals surface area contributed by atoms with E-state index in [0.717, 1.165) is 48.6 Å². The number of aromatic nitrogens is 2. The van der Waals surface area contributed by atoms with Crippen LogP contribution < -0.4 is 4.90 Å². The highest BCUT2D eigenvalue weighted by Crippen LogP contribution is 2.36. The van der Waals surface area contributed by atoms with Gasteiger partial charge in [-0.15, -0.1) is 11.3 Å². The molecule has 0 radical (unpaired) electrons. The number of aldehydes is 1. The molecule has 0 aliphatic carbocycles. The van der Waals surface area contributed by atoms with Gasteiger partial charge in [0.1, 0.15) is 16.5 Å². The predicted octanol–water partition coefficient (Wildman–Crippen LogP) is 2.36. The second-order valence-corrected chi connectivity index (χ2v) is 6.52. The topological polar surface area (TPSA) is 64.6 Å². The molecule has 2 fully saturated rings. The van der Waals surface area contributed by atoms with E-state index in [1.54, 1.807) is 11.6 Å². The van der Waals surface area contributed by atoms with Crippen molar-refractivity contribution in [2.24, 2.45) is 0 Å². The molecule has 0 unspecified atom stereocenters. The Morgan fingerprint density at radius 3 is 2.74 bits per heavy atom. The van der Waals surface area contributed by atoms with Gasteiger partial charge in [0.05, 0.1) is 18.8 Å². The standard InChI is InChI=1S/C16H17N3O3S/c20-10-12-11-23-15(18-12)13-2-1-5-17-14(13)19-6-3-16(4-7-19)21-8-9-22-16/h1-2,5,10-11H,3-4,6-9H2. The molecule has 0 N–H and O–H groups in total. The normalized spacial score (nSPS) is 20.1. The van der Waals surface area contributed by atoms with Gasteiger partial charge in [-0.05, 0) is 12.1 Å². The van der Waals surface area contributed by atoms with Crippen LogP contribution in [0.5, 0.6) is 0 Å². The molecule has 120 valence electrons. The Morgan fingerprint density at radius 2 is 2.04 bits per heavy atom. The summed E-state index contributed by atoms with van der Waals surface area (Å²) >= 11 is 1.47. The molecule has 2 aliphatic rings. The third-order valence-electron chi connectivity index (χ3n) is 4.30. The Bertz CT molecular complexity index is 702. The number of nitrogens with zero attached hydrogens (tertiary/aromatic N) is 3. The van der Waals surface area contributed by atoms with Crippen LogP contribution in [0.4, 0.5) is 5.82 Å². The van der Waals surface area contributed by atoms with Crippen LogP contribution >= 0.6 is 11.3 Å². The summed E-state index contributed by atoms with van der Waals surface area (Å²) in [6.45, 7) is 3.02. The van der Waals surface area contributed by atoms with Crippen molar-refractivity contribution in [2.75, 3.05) is 31.2 Å². The SMILES string of the molecule is O=Cc1csc(-c2cccnc2N2CCC3(CC2)OCCO3)n1. The Balaban J connectivity index is 1.59. The Hall–Kier alpha value is -1.83. The highest BCUT2D eigenvalue weighted by molar-refractivity contribution is 7.13. The van der Waals surface area contributed by atoms with Crippen molar-refractivity contribution < 1.29 is 14.3 Å². The maximum atomic E-state index is 10.9. The zero-order valence-corrected chi connectivity index (χ0v) is 13.4. The quantitative estimate of drug-likeness (QED) is 0.805. The van der Waals surface area contributed by atoms with Gasteiger partial charge in [-0.3, -0.25) is 4.79 Å². The zero-order chi connectivity index (χ0) is 15.7. The molecule has 1 spiro atoms. The van der Waals surface area contributed by atoms with Crippen LogP contribution in [-0.4, -0.2) is 48.3 Å². The first-order chi connectivity index (χ1) is 11.3. The lowest BCUT2D eigenvalue weighted by atomic mass is 10.0. The molecule has 0 bridgehead atoms. The molecule has 6 nitrogen and oxygen atoms in total. The summed E-state index contributed by atoms with van der Waals surface area (Å²) < 4.78 is 11.6. The van der Waals surface area contributed by atoms with Crippen LogP contribution in [0.25, 0.3) is 10.6 Å². The largest absolute Gasteiger partial charge is 0.356 e. The Morgan fingerprint density at radius 1 is 1.26 bits per heavy atom. The van der Waals surface area contributed by atoms with Gasteiger partial charge in [0.25, 0.3) is 0 Å². The first-order valence-electron chi connectivity index (χ1n) is 7.69. The van der Waals surface area contributed by atoms with Crippen LogP contribution in [0.3, 0.4) is 0 Å². The highest BCUT2D eigenvalue weighted by Gasteiger charge is 2.40. The molecule has 0 saturated carbocycles. The summed E-state index contributed by atoms with van der Waals surface area (Å²) in [6.07, 6.45) is 4.23. The van der Waals surface area contributed by atoms with Gasteiger partial charge < -0.3 is 14.4 Å². The van der Waals surface area contributed by atoms with E-state index in [1.807, 2.05) is 12.1 Å². The van der Waals surface area contributed by atoms with E-state index in [2.05, 4.69) is 14.9 Å². The Kier molecular flexibility index (Phi) is 3.84. The number of piperidine rings is 1. The number of carbonyl (C=O) groups is 1. The highest BCUT2D eigenvalue weighted by atomic mass is 32.1. The summed E-state index contributed by atoms with van der Waals surface area (Å²) in [4.78, 5) is 22.0. The third kappa shape index (κ3) is 2.75. The zero-order valence-electron chi connectivity index (χ0n) is 12.6. The fraction of sp³-hybridized carbons (Fsp3) is 0.438. The van der Waals surface area contributed by atoms with Gasteiger partial charge in [-0.2, -0.15) is 0 Å². The van der Waals surface area contributed by atoms with Gasteiger partial charge in [0.15, 0.2) is 12.1 Å². The van der Waals surface area contributed by atoms with E-state index in [0.29, 0.717) is 18.9 Å². The molecule has 7 heteroatoms. The van der Waals surface area contributed by atoms with Crippen molar-refractivity contribution in [3.63, 3.8) is 0 Å². The van der Waals surface area contributed by atoms with Gasteiger partial charge >= 0.3 is 0 Å². The lowest BCUT2D eigenvalue weighted by Gasteiger charge is -2.38. The molecule has 0 atom stereocenters. The van der Waals surface area contributed by atoms with E-state index in [9.17, 15) is 4.79 Å². The molecule has 0 amide bonds. The van der Waals surface area contributed by atoms with Crippen LogP contribution in [0.2, 0.25) is 0 Å². The first-order valence-corrected chi connectivity index (χ1v) is 8.57. The minimum Gasteiger partial charge on any atom is -0.356 e. The average Bonchev–Trinajstić information content (AvgIpc) is 3.25. The lowest BCUT2D eigenvalue weighted by Crippen LogP contribution is -2.45. The number of rotatable bonds is 3. The summed E-state index contributed by atoms with van der Waals surface area (Å²) in [5.74, 6) is 0.518. The molecular formula is C16H17N3O3S. The first kappa shape index (κ1) is 14.7. The van der Waals surface area contributed by atoms with Crippen LogP contribution in [-0.2, 0) is 9.47 Å². The number of ether oxygens (including phenoxy) is 2. The molecule has 4 heterocycles. The number of hydrogen-bond donors (Lipinski definition) is 0. The van der Waals surface area contributed by atoms with Crippen molar-refractivity contribution in [1.82, 2.24) is 9.97 Å². The van der Waals surface area contributed by atoms with Crippen LogP contribution in [0.15, 0.2) is 23.7 Å². The summed E-state index contributed by atoms with van der Waals surface area (Å²) in [5, 5.41) is 2.59. The molecule has 23 heavy (non-hydrogen) atoms. The van der Waals surface area contributed by atoms with E-state index in [4.69, 9.17) is 9.47 Å². The van der Waals surface area contributed by atoms with Crippen LogP contribution in [0.1, 0.15) is 23.3 Å². The van der Waals surface area contributed by atoms with E-state index in [1.165, 1.54) is 11.3 Å². The average molecular weight is 331 g/mol. The molecule has 2 aliphatic heterocycles. The fourth-order valence-corrected chi connectivity index (χ4v) is 3.91. The minimum atomic E-state index is -0.392. The number of hydrogen-bond acceptors (Lipinski definition) is 7. The maximum Gasteiger partial charge on any atom is 0.171 e. The third-order valence-corrected chi connectivity index (χ3v) is 5.19. The van der Waals surface area contributed by atoms with Gasteiger partial charge in [-0.25, -0.2) is 9.97 Å². The van der Waals surface area contributed by atoms with Crippen molar-refractivity contribution >= 4 is 23.4 Å². The fourth-order valence-electron chi connectivity index (χ4n) is 3.12. The molecule has 0 aromatic carbocycles. The maximum absolute atomic E-state index is 10.9. The van der Waals surface area contributed by atoms with Crippen molar-refractivity contribution in [2.45, 2.75) is 18.6 Å². The number of pyridine rings is 1. The number of anilines is 1. The van der Waals surface area contributed by atoms with Crippen molar-refractivity contribution in [3.8, 4) is 10.6 Å². The molecule has 4 rings (SSSR count). The number of thiazole rings is 1. The number of carbonyl (C=O) groups excluding carboxylic acids is 1. The monoisotopic (exact) mass is 331 g/mol. The van der Waals surface area contributed by atoms with E-state index < -0.39 is 5.79 Å². The molecular weight excluding hydrogens is 314 g/mol. The van der Waals surface area contributed by atoms with Gasteiger partial charge in [-0.1, -0.05) is 0 Å². The van der Waals surface area contributed by atoms with E-state index >= 15 is 0 Å². The lowest BCUT2D eigenvalue weighted by molar-refractivity contribution is -0.169. The predicted molar refractivity (Wildman–Crippen MR) is 86.8 cm³/mol. The second-order valence-electron chi connectivity index (χ2n) is 5.66. The molecule has 2 aromatic heterocycles. The molecule has 2 saturated heterocycles. The minimum absolute atomic E-state index is 0.392. The van der Waals surface area contributed by atoms with Crippen molar-refractivity contribution in [3.05, 3.63) is 29.4 Å². The summed E-state index contributed by atoms with van der Waals surface area (Å²) in [5.41, 5.74) is 1.43. The van der Waals surface area contributed by atoms with E-state index in [-0.39, 0.29) is 0 Å². The van der Waals surface area contributed by atoms with Gasteiger partial charge in [0, 0.05) is 37.5 Å². The Labute approximate surface area is 138 Å². The van der Waals surface area contributed by atoms with Crippen LogP contribution in [0, 0.1) is 0 Å². The summed E-state index contributed by atoms with van der Waals surface area (Å²) in [7, 11) is 0. The van der Waals surface area contributed by atoms with Gasteiger partial charge in [0.2, 0.25) is 0 Å². The molecule has 2 aromatic rings. The van der Waals surface area contributed by atoms with Crippen molar-refractivity contribution in [1.29, 1.82) is 0 Å². The summed E-state index contributed by atoms with van der Waals surface area (Å²) in [6, 6.07) is 3.90. The smallest absolute Gasteiger partial charge is 0.171 e. The second kappa shape index (κ2) is 5.99.